The molecule has 0 saturated heterocycles. The van der Waals surface area contributed by atoms with Gasteiger partial charge in [0.1, 0.15) is 12.4 Å². The van der Waals surface area contributed by atoms with E-state index in [-0.39, 0.29) is 12.5 Å². The van der Waals surface area contributed by atoms with Gasteiger partial charge in [0.05, 0.1) is 29.7 Å². The van der Waals surface area contributed by atoms with E-state index in [1.807, 2.05) is 19.1 Å². The molecular formula is C22H21N5O4S. The summed E-state index contributed by atoms with van der Waals surface area (Å²) in [5.41, 5.74) is 2.94. The third-order valence-electron chi connectivity index (χ3n) is 4.82. The highest BCUT2D eigenvalue weighted by molar-refractivity contribution is 7.14. The van der Waals surface area contributed by atoms with Crippen molar-refractivity contribution in [3.8, 4) is 5.75 Å². The third kappa shape index (κ3) is 4.04. The fourth-order valence-corrected chi connectivity index (χ4v) is 4.19. The number of aromatic nitrogens is 4. The van der Waals surface area contributed by atoms with Crippen LogP contribution in [-0.4, -0.2) is 38.7 Å². The minimum atomic E-state index is -0.509. The molecule has 0 aliphatic carbocycles. The number of fused-ring (bicyclic) bond motifs is 1. The quantitative estimate of drug-likeness (QED) is 0.411. The maximum absolute atomic E-state index is 12.5. The van der Waals surface area contributed by atoms with E-state index in [4.69, 9.17) is 9.47 Å². The third-order valence-corrected chi connectivity index (χ3v) is 5.70. The van der Waals surface area contributed by atoms with Gasteiger partial charge in [-0.15, -0.1) is 11.3 Å². The molecule has 0 spiro atoms. The number of rotatable bonds is 6. The smallest absolute Gasteiger partial charge is 0.340 e. The van der Waals surface area contributed by atoms with Gasteiger partial charge in [-0.2, -0.15) is 5.10 Å². The number of amides is 1. The predicted molar refractivity (Wildman–Crippen MR) is 120 cm³/mol. The van der Waals surface area contributed by atoms with Gasteiger partial charge in [0, 0.05) is 30.9 Å². The van der Waals surface area contributed by atoms with E-state index < -0.39 is 5.97 Å². The Morgan fingerprint density at radius 3 is 2.78 bits per heavy atom. The number of nitrogens with zero attached hydrogens (tertiary/aromatic N) is 5. The van der Waals surface area contributed by atoms with Gasteiger partial charge in [-0.3, -0.25) is 14.4 Å². The van der Waals surface area contributed by atoms with E-state index in [1.165, 1.54) is 29.4 Å². The van der Waals surface area contributed by atoms with Crippen molar-refractivity contribution < 1.29 is 19.1 Å². The lowest BCUT2D eigenvalue weighted by Gasteiger charge is -2.20. The molecule has 4 aromatic rings. The summed E-state index contributed by atoms with van der Waals surface area (Å²) in [5.74, 6) is -0.163. The minimum Gasteiger partial charge on any atom is -0.495 e. The maximum atomic E-state index is 12.5. The highest BCUT2D eigenvalue weighted by atomic mass is 32.1. The molecule has 164 valence electrons. The molecule has 1 aromatic carbocycles. The highest BCUT2D eigenvalue weighted by Gasteiger charge is 2.21. The highest BCUT2D eigenvalue weighted by Crippen LogP contribution is 2.35. The molecule has 0 radical (unpaired) electrons. The summed E-state index contributed by atoms with van der Waals surface area (Å²) in [4.78, 5) is 35.1. The Morgan fingerprint density at radius 1 is 1.25 bits per heavy atom. The number of carbonyl (C=O) groups excluding carboxylic acids is 2. The molecule has 0 unspecified atom stereocenters. The second-order valence-corrected chi connectivity index (χ2v) is 7.86. The average Bonchev–Trinajstić information content (AvgIpc) is 3.36. The first-order chi connectivity index (χ1) is 15.4. The van der Waals surface area contributed by atoms with Gasteiger partial charge in [-0.25, -0.2) is 14.8 Å². The number of thiazole rings is 1. The number of esters is 1. The summed E-state index contributed by atoms with van der Waals surface area (Å²) >= 11 is 1.28. The molecule has 3 aromatic heterocycles. The zero-order valence-electron chi connectivity index (χ0n) is 18.0. The lowest BCUT2D eigenvalue weighted by Crippen LogP contribution is -2.23. The normalized spacial score (nSPS) is 10.9. The van der Waals surface area contributed by atoms with Crippen molar-refractivity contribution in [3.05, 3.63) is 58.9 Å². The Kier molecular flexibility index (Phi) is 5.87. The number of hydrogen-bond acceptors (Lipinski definition) is 8. The van der Waals surface area contributed by atoms with Gasteiger partial charge in [0.15, 0.2) is 10.8 Å². The van der Waals surface area contributed by atoms with Gasteiger partial charge < -0.3 is 9.47 Å². The van der Waals surface area contributed by atoms with Crippen molar-refractivity contribution in [3.63, 3.8) is 0 Å². The van der Waals surface area contributed by atoms with Crippen LogP contribution < -0.4 is 9.64 Å². The Morgan fingerprint density at radius 2 is 2.03 bits per heavy atom. The number of pyridine rings is 1. The summed E-state index contributed by atoms with van der Waals surface area (Å²) in [5, 5.41) is 7.32. The van der Waals surface area contributed by atoms with Gasteiger partial charge >= 0.3 is 5.97 Å². The van der Waals surface area contributed by atoms with E-state index in [9.17, 15) is 9.59 Å². The molecule has 0 atom stereocenters. The van der Waals surface area contributed by atoms with Crippen LogP contribution in [0, 0.1) is 6.92 Å². The topological polar surface area (TPSA) is 99.4 Å². The first kappa shape index (κ1) is 21.4. The fraction of sp³-hybridized carbons (Fsp3) is 0.227. The molecule has 0 bridgehead atoms. The van der Waals surface area contributed by atoms with Crippen LogP contribution in [0.3, 0.4) is 0 Å². The maximum Gasteiger partial charge on any atom is 0.340 e. The zero-order valence-corrected chi connectivity index (χ0v) is 18.8. The summed E-state index contributed by atoms with van der Waals surface area (Å²) in [6.45, 7) is 3.28. The van der Waals surface area contributed by atoms with Crippen LogP contribution in [-0.2, 0) is 23.2 Å². The van der Waals surface area contributed by atoms with E-state index in [2.05, 4.69) is 15.1 Å². The molecule has 1 amide bonds. The number of para-hydroxylation sites is 2. The molecular weight excluding hydrogens is 430 g/mol. The number of aryl methyl sites for hydroxylation is 2. The minimum absolute atomic E-state index is 0.0307. The van der Waals surface area contributed by atoms with Crippen molar-refractivity contribution in [2.24, 2.45) is 7.05 Å². The number of carbonyl (C=O) groups is 2. The van der Waals surface area contributed by atoms with Crippen LogP contribution in [0.2, 0.25) is 0 Å². The summed E-state index contributed by atoms with van der Waals surface area (Å²) in [6.07, 6.45) is 1.47. The molecule has 32 heavy (non-hydrogen) atoms. The van der Waals surface area contributed by atoms with Crippen molar-refractivity contribution in [1.29, 1.82) is 0 Å². The molecule has 0 N–H and O–H groups in total. The van der Waals surface area contributed by atoms with Crippen molar-refractivity contribution in [2.45, 2.75) is 20.5 Å². The van der Waals surface area contributed by atoms with Gasteiger partial charge in [0.2, 0.25) is 5.91 Å². The van der Waals surface area contributed by atoms with Crippen molar-refractivity contribution >= 4 is 45.1 Å². The van der Waals surface area contributed by atoms with E-state index >= 15 is 0 Å². The van der Waals surface area contributed by atoms with Crippen LogP contribution in [0.25, 0.3) is 11.0 Å². The molecule has 0 aliphatic rings. The number of ether oxygens (including phenoxy) is 2. The molecule has 10 heteroatoms. The molecule has 9 nitrogen and oxygen atoms in total. The first-order valence-corrected chi connectivity index (χ1v) is 10.6. The molecule has 3 heterocycles. The molecule has 4 rings (SSSR count). The number of hydrogen-bond donors (Lipinski definition) is 0. The first-order valence-electron chi connectivity index (χ1n) is 9.73. The van der Waals surface area contributed by atoms with Gasteiger partial charge in [-0.1, -0.05) is 12.1 Å². The summed E-state index contributed by atoms with van der Waals surface area (Å²) in [6, 6.07) is 8.92. The van der Waals surface area contributed by atoms with E-state index in [1.54, 1.807) is 42.4 Å². The Hall–Kier alpha value is -3.79. The monoisotopic (exact) mass is 451 g/mol. The Bertz CT molecular complexity index is 1310. The summed E-state index contributed by atoms with van der Waals surface area (Å²) in [7, 11) is 3.35. The Balaban J connectivity index is 1.51. The fourth-order valence-electron chi connectivity index (χ4n) is 3.33. The average molecular weight is 452 g/mol. The van der Waals surface area contributed by atoms with Crippen molar-refractivity contribution in [2.75, 3.05) is 12.0 Å². The van der Waals surface area contributed by atoms with E-state index in [0.29, 0.717) is 33.5 Å². The molecule has 0 saturated carbocycles. The van der Waals surface area contributed by atoms with Crippen LogP contribution in [0.4, 0.5) is 10.8 Å². The zero-order chi connectivity index (χ0) is 22.8. The lowest BCUT2D eigenvalue weighted by atomic mass is 10.2. The summed E-state index contributed by atoms with van der Waals surface area (Å²) < 4.78 is 12.5. The lowest BCUT2D eigenvalue weighted by molar-refractivity contribution is -0.115. The predicted octanol–water partition coefficient (Wildman–Crippen LogP) is 3.78. The van der Waals surface area contributed by atoms with Crippen molar-refractivity contribution in [1.82, 2.24) is 19.7 Å². The SMILES string of the molecule is COc1ccccc1N(C(C)=O)c1nc(COC(=O)c2cnc3c(c2)c(C)nn3C)cs1. The number of methoxy groups -OCH3 is 1. The van der Waals surface area contributed by atoms with Crippen LogP contribution in [0.1, 0.15) is 28.7 Å². The van der Waals surface area contributed by atoms with Crippen LogP contribution in [0.15, 0.2) is 41.9 Å². The second-order valence-electron chi connectivity index (χ2n) is 7.03. The number of benzene rings is 1. The Labute approximate surface area is 188 Å². The second kappa shape index (κ2) is 8.75. The van der Waals surface area contributed by atoms with Gasteiger partial charge in [0.25, 0.3) is 0 Å². The van der Waals surface area contributed by atoms with E-state index in [0.717, 1.165) is 11.1 Å². The largest absolute Gasteiger partial charge is 0.495 e. The van der Waals surface area contributed by atoms with Gasteiger partial charge in [-0.05, 0) is 25.1 Å². The van der Waals surface area contributed by atoms with Crippen LogP contribution in [0.5, 0.6) is 5.75 Å². The van der Waals surface area contributed by atoms with Crippen LogP contribution >= 0.6 is 11.3 Å². The standard InChI is InChI=1S/C22H21N5O4S/c1-13-17-9-15(10-23-20(17)26(3)25-13)21(29)31-11-16-12-32-22(24-16)27(14(2)28)18-7-5-6-8-19(18)30-4/h5-10,12H,11H2,1-4H3. The number of anilines is 2. The molecule has 0 aliphatic heterocycles. The molecule has 0 fully saturated rings.